The Morgan fingerprint density at radius 2 is 2.36 bits per heavy atom. The summed E-state index contributed by atoms with van der Waals surface area (Å²) in [5, 5.41) is 0. The minimum atomic E-state index is -0.367. The number of carbonyl (C=O) groups excluding carboxylic acids is 1. The Morgan fingerprint density at radius 3 is 3.09 bits per heavy atom. The molecule has 2 aromatic rings. The lowest BCUT2D eigenvalue weighted by Crippen LogP contribution is -2.14. The Balaban J connectivity index is 2.00. The SMILES string of the molecule is C=C/C=C\c1nc(C2CCc3ncc(C(=O)OC)n32)cn1C. The Hall–Kier alpha value is -2.63. The normalized spacial score (nSPS) is 16.9. The standard InChI is InChI=1S/C16H18N4O2/c1-4-5-6-15-18-11(10-19(15)2)12-7-8-14-17-9-13(20(12)14)16(21)22-3/h4-6,9-10,12H,1,7-8H2,2-3H3/b6-5-. The van der Waals surface area contributed by atoms with Crippen LogP contribution in [0.1, 0.15) is 40.3 Å². The van der Waals surface area contributed by atoms with Gasteiger partial charge in [-0.25, -0.2) is 14.8 Å². The average Bonchev–Trinajstić information content (AvgIpc) is 3.19. The van der Waals surface area contributed by atoms with Crippen LogP contribution < -0.4 is 0 Å². The van der Waals surface area contributed by atoms with Crippen LogP contribution in [-0.2, 0) is 18.2 Å². The van der Waals surface area contributed by atoms with E-state index < -0.39 is 0 Å². The first kappa shape index (κ1) is 14.3. The van der Waals surface area contributed by atoms with Crippen LogP contribution in [0.25, 0.3) is 6.08 Å². The third-order valence-corrected chi connectivity index (χ3v) is 3.87. The molecule has 1 aliphatic rings. The van der Waals surface area contributed by atoms with Gasteiger partial charge in [-0.3, -0.25) is 0 Å². The Labute approximate surface area is 128 Å². The van der Waals surface area contributed by atoms with E-state index in [1.165, 1.54) is 7.11 Å². The third kappa shape index (κ3) is 2.26. The maximum Gasteiger partial charge on any atom is 0.356 e. The molecule has 0 amide bonds. The van der Waals surface area contributed by atoms with Crippen molar-refractivity contribution in [3.63, 3.8) is 0 Å². The van der Waals surface area contributed by atoms with Gasteiger partial charge in [-0.1, -0.05) is 18.7 Å². The second kappa shape index (κ2) is 5.63. The number of rotatable bonds is 4. The molecule has 1 unspecified atom stereocenters. The van der Waals surface area contributed by atoms with Gasteiger partial charge in [0.2, 0.25) is 0 Å². The van der Waals surface area contributed by atoms with Crippen molar-refractivity contribution in [2.24, 2.45) is 7.05 Å². The molecular weight excluding hydrogens is 280 g/mol. The van der Waals surface area contributed by atoms with Gasteiger partial charge in [-0.15, -0.1) is 0 Å². The number of aryl methyl sites for hydroxylation is 2. The fraction of sp³-hybridized carbons (Fsp3) is 0.312. The van der Waals surface area contributed by atoms with E-state index in [1.54, 1.807) is 12.3 Å². The summed E-state index contributed by atoms with van der Waals surface area (Å²) in [5.74, 6) is 1.38. The van der Waals surface area contributed by atoms with E-state index in [0.717, 1.165) is 30.2 Å². The van der Waals surface area contributed by atoms with Crippen LogP contribution in [0.15, 0.2) is 31.1 Å². The number of aromatic nitrogens is 4. The molecule has 0 fully saturated rings. The van der Waals surface area contributed by atoms with E-state index in [0.29, 0.717) is 5.69 Å². The third-order valence-electron chi connectivity index (χ3n) is 3.87. The van der Waals surface area contributed by atoms with Crippen molar-refractivity contribution >= 4 is 12.0 Å². The molecular formula is C16H18N4O2. The van der Waals surface area contributed by atoms with Crippen molar-refractivity contribution in [3.05, 3.63) is 54.2 Å². The van der Waals surface area contributed by atoms with Gasteiger partial charge in [0.15, 0.2) is 0 Å². The number of imidazole rings is 2. The van der Waals surface area contributed by atoms with Crippen molar-refractivity contribution < 1.29 is 9.53 Å². The molecule has 1 atom stereocenters. The molecule has 2 aromatic heterocycles. The molecule has 6 heteroatoms. The van der Waals surface area contributed by atoms with Crippen LogP contribution in [0.2, 0.25) is 0 Å². The van der Waals surface area contributed by atoms with Gasteiger partial charge in [0.25, 0.3) is 0 Å². The van der Waals surface area contributed by atoms with Gasteiger partial charge in [0.05, 0.1) is 25.0 Å². The lowest BCUT2D eigenvalue weighted by atomic mass is 10.1. The van der Waals surface area contributed by atoms with E-state index in [-0.39, 0.29) is 12.0 Å². The Kier molecular flexibility index (Phi) is 3.66. The fourth-order valence-electron chi connectivity index (χ4n) is 2.84. The first-order valence-electron chi connectivity index (χ1n) is 7.12. The van der Waals surface area contributed by atoms with Crippen molar-refractivity contribution in [3.8, 4) is 0 Å². The summed E-state index contributed by atoms with van der Waals surface area (Å²) in [7, 11) is 3.33. The van der Waals surface area contributed by atoms with Crippen molar-refractivity contribution in [1.29, 1.82) is 0 Å². The van der Waals surface area contributed by atoms with Crippen molar-refractivity contribution in [2.45, 2.75) is 18.9 Å². The Bertz CT molecular complexity index is 754. The van der Waals surface area contributed by atoms with Crippen LogP contribution in [0.3, 0.4) is 0 Å². The summed E-state index contributed by atoms with van der Waals surface area (Å²) in [6.07, 6.45) is 10.8. The van der Waals surface area contributed by atoms with E-state index >= 15 is 0 Å². The monoisotopic (exact) mass is 298 g/mol. The molecule has 1 aliphatic heterocycles. The number of ether oxygens (including phenoxy) is 1. The topological polar surface area (TPSA) is 61.9 Å². The molecule has 3 heterocycles. The minimum absolute atomic E-state index is 0.0173. The number of carbonyl (C=O) groups is 1. The molecule has 0 aromatic carbocycles. The minimum Gasteiger partial charge on any atom is -0.464 e. The molecule has 0 bridgehead atoms. The fourth-order valence-corrected chi connectivity index (χ4v) is 2.84. The lowest BCUT2D eigenvalue weighted by molar-refractivity contribution is 0.0587. The highest BCUT2D eigenvalue weighted by Gasteiger charge is 2.31. The number of allylic oxidation sites excluding steroid dienone is 2. The second-order valence-corrected chi connectivity index (χ2v) is 5.21. The predicted molar refractivity (Wildman–Crippen MR) is 82.5 cm³/mol. The molecule has 0 spiro atoms. The number of fused-ring (bicyclic) bond motifs is 1. The lowest BCUT2D eigenvalue weighted by Gasteiger charge is -2.12. The highest BCUT2D eigenvalue weighted by atomic mass is 16.5. The quantitative estimate of drug-likeness (QED) is 0.641. The maximum absolute atomic E-state index is 11.9. The zero-order chi connectivity index (χ0) is 15.7. The van der Waals surface area contributed by atoms with E-state index in [9.17, 15) is 4.79 Å². The summed E-state index contributed by atoms with van der Waals surface area (Å²) >= 11 is 0. The van der Waals surface area contributed by atoms with E-state index in [4.69, 9.17) is 4.74 Å². The number of esters is 1. The highest BCUT2D eigenvalue weighted by Crippen LogP contribution is 2.32. The van der Waals surface area contributed by atoms with Gasteiger partial charge in [0.1, 0.15) is 17.3 Å². The first-order chi connectivity index (χ1) is 10.7. The van der Waals surface area contributed by atoms with Crippen molar-refractivity contribution in [2.75, 3.05) is 7.11 Å². The molecule has 0 aliphatic carbocycles. The van der Waals surface area contributed by atoms with Crippen LogP contribution in [0.4, 0.5) is 0 Å². The second-order valence-electron chi connectivity index (χ2n) is 5.21. The van der Waals surface area contributed by atoms with Crippen LogP contribution in [0.5, 0.6) is 0 Å². The molecule has 3 rings (SSSR count). The molecule has 0 radical (unpaired) electrons. The first-order valence-corrected chi connectivity index (χ1v) is 7.12. The molecule has 22 heavy (non-hydrogen) atoms. The smallest absolute Gasteiger partial charge is 0.356 e. The molecule has 0 N–H and O–H groups in total. The number of hydrogen-bond donors (Lipinski definition) is 0. The molecule has 0 saturated carbocycles. The van der Waals surface area contributed by atoms with Gasteiger partial charge in [-0.05, 0) is 12.5 Å². The molecule has 114 valence electrons. The largest absolute Gasteiger partial charge is 0.464 e. The van der Waals surface area contributed by atoms with Crippen LogP contribution >= 0.6 is 0 Å². The van der Waals surface area contributed by atoms with Crippen LogP contribution in [-0.4, -0.2) is 32.2 Å². The maximum atomic E-state index is 11.9. The molecule has 0 saturated heterocycles. The summed E-state index contributed by atoms with van der Waals surface area (Å²) in [6, 6.07) is 0.0173. The average molecular weight is 298 g/mol. The van der Waals surface area contributed by atoms with Gasteiger partial charge >= 0.3 is 5.97 Å². The zero-order valence-corrected chi connectivity index (χ0v) is 12.7. The van der Waals surface area contributed by atoms with Gasteiger partial charge < -0.3 is 13.9 Å². The molecule has 6 nitrogen and oxygen atoms in total. The van der Waals surface area contributed by atoms with Crippen LogP contribution in [0, 0.1) is 0 Å². The highest BCUT2D eigenvalue weighted by molar-refractivity contribution is 5.87. The van der Waals surface area contributed by atoms with Crippen molar-refractivity contribution in [1.82, 2.24) is 19.1 Å². The summed E-state index contributed by atoms with van der Waals surface area (Å²) < 4.78 is 8.74. The number of methoxy groups -OCH3 is 1. The predicted octanol–water partition coefficient (Wildman–Crippen LogP) is 2.14. The summed E-state index contributed by atoms with van der Waals surface area (Å²) in [6.45, 7) is 3.67. The summed E-state index contributed by atoms with van der Waals surface area (Å²) in [5.41, 5.74) is 1.40. The van der Waals surface area contributed by atoms with E-state index in [2.05, 4.69) is 16.5 Å². The van der Waals surface area contributed by atoms with Gasteiger partial charge in [-0.2, -0.15) is 0 Å². The van der Waals surface area contributed by atoms with E-state index in [1.807, 2.05) is 34.5 Å². The number of nitrogens with zero attached hydrogens (tertiary/aromatic N) is 4. The zero-order valence-electron chi connectivity index (χ0n) is 12.7. The summed E-state index contributed by atoms with van der Waals surface area (Å²) in [4.78, 5) is 20.9. The van der Waals surface area contributed by atoms with Gasteiger partial charge in [0, 0.05) is 19.7 Å². The Morgan fingerprint density at radius 1 is 1.55 bits per heavy atom. The number of hydrogen-bond acceptors (Lipinski definition) is 4.